The molecule has 0 amide bonds. The molecule has 0 heterocycles. The van der Waals surface area contributed by atoms with Gasteiger partial charge in [-0.2, -0.15) is 0 Å². The average molecular weight is 483 g/mol. The Morgan fingerprint density at radius 2 is 1.11 bits per heavy atom. The van der Waals surface area contributed by atoms with Crippen molar-refractivity contribution in [1.29, 1.82) is 0 Å². The van der Waals surface area contributed by atoms with Gasteiger partial charge in [-0.15, -0.1) is 0 Å². The van der Waals surface area contributed by atoms with Gasteiger partial charge < -0.3 is 18.9 Å². The SMILES string of the molecule is O=C(OCCOc1ccccc1)c1cccc(OC(=O)c2cccc(OCCc3ccccc3)c2)c1. The van der Waals surface area contributed by atoms with Crippen LogP contribution in [0.4, 0.5) is 0 Å². The summed E-state index contributed by atoms with van der Waals surface area (Å²) in [5.74, 6) is 0.442. The Balaban J connectivity index is 1.27. The fourth-order valence-electron chi connectivity index (χ4n) is 3.39. The number of hydrogen-bond acceptors (Lipinski definition) is 6. The summed E-state index contributed by atoms with van der Waals surface area (Å²) in [6.45, 7) is 0.812. The summed E-state index contributed by atoms with van der Waals surface area (Å²) in [7, 11) is 0. The van der Waals surface area contributed by atoms with Crippen molar-refractivity contribution >= 4 is 11.9 Å². The van der Waals surface area contributed by atoms with Gasteiger partial charge in [0, 0.05) is 6.42 Å². The van der Waals surface area contributed by atoms with E-state index >= 15 is 0 Å². The van der Waals surface area contributed by atoms with Crippen LogP contribution < -0.4 is 14.2 Å². The minimum Gasteiger partial charge on any atom is -0.493 e. The molecular formula is C30H26O6. The van der Waals surface area contributed by atoms with Crippen molar-refractivity contribution in [3.05, 3.63) is 126 Å². The number of carbonyl (C=O) groups excluding carboxylic acids is 2. The Bertz CT molecular complexity index is 1270. The summed E-state index contributed by atoms with van der Waals surface area (Å²) in [4.78, 5) is 25.1. The first-order chi connectivity index (χ1) is 17.7. The zero-order valence-electron chi connectivity index (χ0n) is 19.7. The number of benzene rings is 4. The molecule has 0 N–H and O–H groups in total. The highest BCUT2D eigenvalue weighted by molar-refractivity contribution is 5.93. The lowest BCUT2D eigenvalue weighted by Gasteiger charge is -2.10. The zero-order valence-corrected chi connectivity index (χ0v) is 19.7. The van der Waals surface area contributed by atoms with Crippen LogP contribution in [0.2, 0.25) is 0 Å². The second-order valence-electron chi connectivity index (χ2n) is 7.83. The molecule has 0 bridgehead atoms. The second-order valence-corrected chi connectivity index (χ2v) is 7.83. The fraction of sp³-hybridized carbons (Fsp3) is 0.133. The van der Waals surface area contributed by atoms with E-state index in [1.807, 2.05) is 60.7 Å². The molecule has 0 atom stereocenters. The van der Waals surface area contributed by atoms with Crippen LogP contribution in [0.5, 0.6) is 17.2 Å². The van der Waals surface area contributed by atoms with Gasteiger partial charge in [0.05, 0.1) is 17.7 Å². The Morgan fingerprint density at radius 1 is 0.528 bits per heavy atom. The molecule has 4 aromatic carbocycles. The molecule has 0 saturated carbocycles. The lowest BCUT2D eigenvalue weighted by Crippen LogP contribution is -2.13. The van der Waals surface area contributed by atoms with Crippen LogP contribution in [-0.2, 0) is 11.2 Å². The standard InChI is InChI=1S/C30H26O6/c31-29(35-20-19-34-26-13-5-2-6-14-26)24-11-8-16-28(22-24)36-30(32)25-12-7-15-27(21-25)33-18-17-23-9-3-1-4-10-23/h1-16,21-22H,17-20H2. The molecule has 0 fully saturated rings. The van der Waals surface area contributed by atoms with E-state index in [0.29, 0.717) is 23.7 Å². The lowest BCUT2D eigenvalue weighted by atomic mass is 10.2. The van der Waals surface area contributed by atoms with Crippen molar-refractivity contribution in [3.8, 4) is 17.2 Å². The van der Waals surface area contributed by atoms with Gasteiger partial charge in [0.25, 0.3) is 0 Å². The Kier molecular flexibility index (Phi) is 8.70. The van der Waals surface area contributed by atoms with Gasteiger partial charge in [-0.25, -0.2) is 9.59 Å². The quantitative estimate of drug-likeness (QED) is 0.154. The zero-order chi connectivity index (χ0) is 25.0. The Hall–Kier alpha value is -4.58. The van der Waals surface area contributed by atoms with Crippen molar-refractivity contribution in [2.75, 3.05) is 19.8 Å². The van der Waals surface area contributed by atoms with Crippen molar-refractivity contribution < 1.29 is 28.5 Å². The van der Waals surface area contributed by atoms with E-state index in [2.05, 4.69) is 0 Å². The van der Waals surface area contributed by atoms with E-state index in [1.165, 1.54) is 11.6 Å². The van der Waals surface area contributed by atoms with Gasteiger partial charge in [-0.05, 0) is 54.1 Å². The van der Waals surface area contributed by atoms with Crippen LogP contribution in [0, 0.1) is 0 Å². The smallest absolute Gasteiger partial charge is 0.343 e. The molecule has 0 unspecified atom stereocenters. The molecule has 0 aromatic heterocycles. The van der Waals surface area contributed by atoms with E-state index < -0.39 is 11.9 Å². The van der Waals surface area contributed by atoms with Gasteiger partial charge in [-0.3, -0.25) is 0 Å². The number of carbonyl (C=O) groups is 2. The highest BCUT2D eigenvalue weighted by atomic mass is 16.6. The molecule has 0 saturated heterocycles. The normalized spacial score (nSPS) is 10.3. The van der Waals surface area contributed by atoms with Gasteiger partial charge in [0.1, 0.15) is 30.5 Å². The predicted molar refractivity (Wildman–Crippen MR) is 136 cm³/mol. The molecule has 0 radical (unpaired) electrons. The van der Waals surface area contributed by atoms with Gasteiger partial charge in [-0.1, -0.05) is 60.7 Å². The van der Waals surface area contributed by atoms with Gasteiger partial charge in [0.15, 0.2) is 0 Å². The highest BCUT2D eigenvalue weighted by Gasteiger charge is 2.13. The number of ether oxygens (including phenoxy) is 4. The van der Waals surface area contributed by atoms with Gasteiger partial charge >= 0.3 is 11.9 Å². The topological polar surface area (TPSA) is 71.1 Å². The first-order valence-electron chi connectivity index (χ1n) is 11.6. The van der Waals surface area contributed by atoms with Crippen LogP contribution in [-0.4, -0.2) is 31.8 Å². The summed E-state index contributed by atoms with van der Waals surface area (Å²) in [5.41, 5.74) is 1.80. The van der Waals surface area contributed by atoms with E-state index in [1.54, 1.807) is 42.5 Å². The van der Waals surface area contributed by atoms with Crippen molar-refractivity contribution in [2.45, 2.75) is 6.42 Å². The van der Waals surface area contributed by atoms with Gasteiger partial charge in [0.2, 0.25) is 0 Å². The van der Waals surface area contributed by atoms with E-state index in [0.717, 1.165) is 6.42 Å². The van der Waals surface area contributed by atoms with Crippen LogP contribution in [0.25, 0.3) is 0 Å². The highest BCUT2D eigenvalue weighted by Crippen LogP contribution is 2.19. The van der Waals surface area contributed by atoms with Crippen LogP contribution >= 0.6 is 0 Å². The minimum absolute atomic E-state index is 0.0921. The van der Waals surface area contributed by atoms with Crippen molar-refractivity contribution in [2.24, 2.45) is 0 Å². The first kappa shape index (κ1) is 24.5. The van der Waals surface area contributed by atoms with E-state index in [4.69, 9.17) is 18.9 Å². The van der Waals surface area contributed by atoms with Crippen molar-refractivity contribution in [3.63, 3.8) is 0 Å². The second kappa shape index (κ2) is 12.8. The monoisotopic (exact) mass is 482 g/mol. The predicted octanol–water partition coefficient (Wildman–Crippen LogP) is 5.76. The molecule has 4 rings (SSSR count). The summed E-state index contributed by atoms with van der Waals surface area (Å²) < 4.78 is 22.0. The van der Waals surface area contributed by atoms with E-state index in [9.17, 15) is 9.59 Å². The molecule has 0 aliphatic carbocycles. The average Bonchev–Trinajstić information content (AvgIpc) is 2.92. The lowest BCUT2D eigenvalue weighted by molar-refractivity contribution is 0.0449. The third-order valence-electron chi connectivity index (χ3n) is 5.18. The third-order valence-corrected chi connectivity index (χ3v) is 5.18. The van der Waals surface area contributed by atoms with Crippen LogP contribution in [0.3, 0.4) is 0 Å². The molecule has 0 aliphatic rings. The first-order valence-corrected chi connectivity index (χ1v) is 11.6. The number of esters is 2. The molecule has 0 spiro atoms. The Labute approximate surface area is 210 Å². The number of para-hydroxylation sites is 1. The maximum atomic E-state index is 12.7. The molecule has 4 aromatic rings. The number of hydrogen-bond donors (Lipinski definition) is 0. The van der Waals surface area contributed by atoms with Crippen LogP contribution in [0.15, 0.2) is 109 Å². The molecule has 0 aliphatic heterocycles. The molecule has 36 heavy (non-hydrogen) atoms. The summed E-state index contributed by atoms with van der Waals surface area (Å²) >= 11 is 0. The molecular weight excluding hydrogens is 456 g/mol. The van der Waals surface area contributed by atoms with Crippen molar-refractivity contribution in [1.82, 2.24) is 0 Å². The summed E-state index contributed by atoms with van der Waals surface area (Å²) in [5, 5.41) is 0. The van der Waals surface area contributed by atoms with E-state index in [-0.39, 0.29) is 24.5 Å². The Morgan fingerprint density at radius 3 is 1.86 bits per heavy atom. The number of rotatable bonds is 11. The third kappa shape index (κ3) is 7.46. The largest absolute Gasteiger partial charge is 0.493 e. The molecule has 6 nitrogen and oxygen atoms in total. The maximum Gasteiger partial charge on any atom is 0.343 e. The molecule has 182 valence electrons. The maximum absolute atomic E-state index is 12.7. The summed E-state index contributed by atoms with van der Waals surface area (Å²) in [6.07, 6.45) is 0.761. The fourth-order valence-corrected chi connectivity index (χ4v) is 3.39. The molecule has 6 heteroatoms. The summed E-state index contributed by atoms with van der Waals surface area (Å²) in [6, 6.07) is 32.4. The minimum atomic E-state index is -0.551. The van der Waals surface area contributed by atoms with Crippen LogP contribution in [0.1, 0.15) is 26.3 Å².